The molecule has 0 amide bonds. The highest BCUT2D eigenvalue weighted by molar-refractivity contribution is 7.89. The van der Waals surface area contributed by atoms with Gasteiger partial charge in [-0.15, -0.1) is 11.3 Å². The fourth-order valence-electron chi connectivity index (χ4n) is 1.61. The Morgan fingerprint density at radius 1 is 1.35 bits per heavy atom. The quantitative estimate of drug-likeness (QED) is 0.881. The smallest absolute Gasteiger partial charge is 0.242 e. The summed E-state index contributed by atoms with van der Waals surface area (Å²) < 4.78 is 27.1. The molecule has 0 aromatic carbocycles. The van der Waals surface area contributed by atoms with E-state index in [0.717, 1.165) is 10.7 Å². The van der Waals surface area contributed by atoms with Crippen LogP contribution in [0.3, 0.4) is 0 Å². The average Bonchev–Trinajstić information content (AvgIpc) is 2.85. The lowest BCUT2D eigenvalue weighted by Gasteiger charge is -2.12. The van der Waals surface area contributed by atoms with Crippen molar-refractivity contribution in [3.8, 4) is 0 Å². The standard InChI is InChI=1S/C12H16N4O2S2/c1-8-7-19-12(15-8)9(2)16-20(17,18)10-4-5-11(13-3)14-6-10/h4-7,9,16H,1-3H3,(H,13,14). The van der Waals surface area contributed by atoms with Crippen molar-refractivity contribution >= 4 is 27.2 Å². The Bertz CT molecular complexity index is 680. The summed E-state index contributed by atoms with van der Waals surface area (Å²) in [5.41, 5.74) is 0.885. The van der Waals surface area contributed by atoms with Crippen LogP contribution < -0.4 is 10.0 Å². The van der Waals surface area contributed by atoms with Gasteiger partial charge >= 0.3 is 0 Å². The number of aryl methyl sites for hydroxylation is 1. The number of hydrogen-bond donors (Lipinski definition) is 2. The van der Waals surface area contributed by atoms with Crippen molar-refractivity contribution in [2.24, 2.45) is 0 Å². The van der Waals surface area contributed by atoms with Gasteiger partial charge in [-0.2, -0.15) is 0 Å². The number of anilines is 1. The van der Waals surface area contributed by atoms with Gasteiger partial charge in [0.25, 0.3) is 0 Å². The Hall–Kier alpha value is -1.51. The summed E-state index contributed by atoms with van der Waals surface area (Å²) in [6.45, 7) is 3.65. The monoisotopic (exact) mass is 312 g/mol. The molecular weight excluding hydrogens is 296 g/mol. The van der Waals surface area contributed by atoms with Gasteiger partial charge in [-0.05, 0) is 26.0 Å². The minimum Gasteiger partial charge on any atom is -0.373 e. The Morgan fingerprint density at radius 2 is 2.10 bits per heavy atom. The van der Waals surface area contributed by atoms with Crippen molar-refractivity contribution < 1.29 is 8.42 Å². The van der Waals surface area contributed by atoms with Gasteiger partial charge < -0.3 is 5.32 Å². The number of rotatable bonds is 5. The molecular formula is C12H16N4O2S2. The molecule has 2 N–H and O–H groups in total. The Balaban J connectivity index is 2.17. The zero-order valence-electron chi connectivity index (χ0n) is 11.4. The second-order valence-corrected chi connectivity index (χ2v) is 6.90. The van der Waals surface area contributed by atoms with Crippen LogP contribution in [-0.2, 0) is 10.0 Å². The molecule has 0 saturated carbocycles. The van der Waals surface area contributed by atoms with Crippen molar-refractivity contribution in [2.45, 2.75) is 24.8 Å². The number of sulfonamides is 1. The molecule has 8 heteroatoms. The van der Waals surface area contributed by atoms with Crippen LogP contribution in [0.2, 0.25) is 0 Å². The predicted molar refractivity (Wildman–Crippen MR) is 79.4 cm³/mol. The fourth-order valence-corrected chi connectivity index (χ4v) is 3.64. The third kappa shape index (κ3) is 3.33. The first-order valence-electron chi connectivity index (χ1n) is 6.00. The topological polar surface area (TPSA) is 84.0 Å². The predicted octanol–water partition coefficient (Wildman–Crippen LogP) is 1.93. The summed E-state index contributed by atoms with van der Waals surface area (Å²) in [6.07, 6.45) is 1.33. The van der Waals surface area contributed by atoms with E-state index in [-0.39, 0.29) is 10.9 Å². The van der Waals surface area contributed by atoms with Gasteiger partial charge in [-0.25, -0.2) is 23.1 Å². The number of aromatic nitrogens is 2. The molecule has 6 nitrogen and oxygen atoms in total. The Labute approximate surface area is 122 Å². The van der Waals surface area contributed by atoms with Crippen LogP contribution in [0.5, 0.6) is 0 Å². The molecule has 2 heterocycles. The molecule has 2 aromatic rings. The van der Waals surface area contributed by atoms with Gasteiger partial charge in [0.1, 0.15) is 15.7 Å². The summed E-state index contributed by atoms with van der Waals surface area (Å²) >= 11 is 1.44. The third-order valence-electron chi connectivity index (χ3n) is 2.64. The summed E-state index contributed by atoms with van der Waals surface area (Å²) in [4.78, 5) is 8.42. The highest BCUT2D eigenvalue weighted by atomic mass is 32.2. The molecule has 2 rings (SSSR count). The third-order valence-corrected chi connectivity index (χ3v) is 5.31. The molecule has 1 unspecified atom stereocenters. The number of hydrogen-bond acceptors (Lipinski definition) is 6. The van der Waals surface area contributed by atoms with Crippen LogP contribution in [-0.4, -0.2) is 25.4 Å². The fraction of sp³-hybridized carbons (Fsp3) is 0.333. The first kappa shape index (κ1) is 14.9. The zero-order valence-corrected chi connectivity index (χ0v) is 13.0. The lowest BCUT2D eigenvalue weighted by molar-refractivity contribution is 0.566. The maximum atomic E-state index is 12.2. The lowest BCUT2D eigenvalue weighted by atomic mass is 10.4. The van der Waals surface area contributed by atoms with Crippen LogP contribution in [0.4, 0.5) is 5.82 Å². The molecule has 0 aliphatic carbocycles. The molecule has 0 saturated heterocycles. The van der Waals surface area contributed by atoms with Gasteiger partial charge in [-0.1, -0.05) is 0 Å². The SMILES string of the molecule is CNc1ccc(S(=O)(=O)NC(C)c2nc(C)cs2)cn1. The van der Waals surface area contributed by atoms with Crippen LogP contribution in [0.25, 0.3) is 0 Å². The number of nitrogens with zero attached hydrogens (tertiary/aromatic N) is 2. The Morgan fingerprint density at radius 3 is 2.60 bits per heavy atom. The van der Waals surface area contributed by atoms with E-state index in [9.17, 15) is 8.42 Å². The largest absolute Gasteiger partial charge is 0.373 e. The average molecular weight is 312 g/mol. The van der Waals surface area contributed by atoms with Crippen LogP contribution in [0.15, 0.2) is 28.6 Å². The summed E-state index contributed by atoms with van der Waals surface area (Å²) in [5, 5.41) is 5.47. The van der Waals surface area contributed by atoms with Crippen molar-refractivity contribution in [2.75, 3.05) is 12.4 Å². The van der Waals surface area contributed by atoms with E-state index in [0.29, 0.717) is 5.82 Å². The molecule has 0 fully saturated rings. The van der Waals surface area contributed by atoms with E-state index < -0.39 is 10.0 Å². The highest BCUT2D eigenvalue weighted by Gasteiger charge is 2.20. The second kappa shape index (κ2) is 5.86. The van der Waals surface area contributed by atoms with E-state index in [1.807, 2.05) is 12.3 Å². The molecule has 0 bridgehead atoms. The van der Waals surface area contributed by atoms with Gasteiger partial charge in [0, 0.05) is 24.3 Å². The van der Waals surface area contributed by atoms with Gasteiger partial charge in [0.15, 0.2) is 0 Å². The van der Waals surface area contributed by atoms with Gasteiger partial charge in [0.05, 0.1) is 6.04 Å². The van der Waals surface area contributed by atoms with Gasteiger partial charge in [-0.3, -0.25) is 0 Å². The minimum absolute atomic E-state index is 0.136. The van der Waals surface area contributed by atoms with Crippen LogP contribution >= 0.6 is 11.3 Å². The van der Waals surface area contributed by atoms with E-state index >= 15 is 0 Å². The van der Waals surface area contributed by atoms with E-state index in [1.165, 1.54) is 23.6 Å². The highest BCUT2D eigenvalue weighted by Crippen LogP contribution is 2.20. The van der Waals surface area contributed by atoms with Crippen molar-refractivity contribution in [3.05, 3.63) is 34.4 Å². The number of pyridine rings is 1. The minimum atomic E-state index is -3.60. The number of nitrogens with one attached hydrogen (secondary N) is 2. The van der Waals surface area contributed by atoms with Crippen molar-refractivity contribution in [3.63, 3.8) is 0 Å². The zero-order chi connectivity index (χ0) is 14.8. The van der Waals surface area contributed by atoms with E-state index in [2.05, 4.69) is 20.0 Å². The van der Waals surface area contributed by atoms with Crippen LogP contribution in [0, 0.1) is 6.92 Å². The molecule has 1 atom stereocenters. The summed E-state index contributed by atoms with van der Waals surface area (Å²) in [5.74, 6) is 0.618. The molecule has 0 radical (unpaired) electrons. The molecule has 0 aliphatic heterocycles. The first-order valence-corrected chi connectivity index (χ1v) is 8.37. The van der Waals surface area contributed by atoms with Gasteiger partial charge in [0.2, 0.25) is 10.0 Å². The summed E-state index contributed by atoms with van der Waals surface area (Å²) in [6, 6.07) is 2.76. The lowest BCUT2D eigenvalue weighted by Crippen LogP contribution is -2.27. The molecule has 0 aliphatic rings. The number of thiazole rings is 1. The molecule has 0 spiro atoms. The molecule has 2 aromatic heterocycles. The van der Waals surface area contributed by atoms with Crippen molar-refractivity contribution in [1.82, 2.24) is 14.7 Å². The Kier molecular flexibility index (Phi) is 4.36. The van der Waals surface area contributed by atoms with Crippen LogP contribution in [0.1, 0.15) is 23.7 Å². The van der Waals surface area contributed by atoms with E-state index in [1.54, 1.807) is 20.0 Å². The maximum absolute atomic E-state index is 12.2. The first-order chi connectivity index (χ1) is 9.42. The molecule has 108 valence electrons. The normalized spacial score (nSPS) is 13.2. The molecule has 20 heavy (non-hydrogen) atoms. The van der Waals surface area contributed by atoms with Crippen molar-refractivity contribution in [1.29, 1.82) is 0 Å². The second-order valence-electron chi connectivity index (χ2n) is 4.30. The maximum Gasteiger partial charge on any atom is 0.242 e. The summed E-state index contributed by atoms with van der Waals surface area (Å²) in [7, 11) is -1.87. The van der Waals surface area contributed by atoms with E-state index in [4.69, 9.17) is 0 Å².